The molecule has 344 valence electrons. The molecule has 66 heavy (non-hydrogen) atoms. The maximum absolute atomic E-state index is 2.62. The Morgan fingerprint density at radius 1 is 0.455 bits per heavy atom. The zero-order valence-corrected chi connectivity index (χ0v) is 42.6. The number of hydrogen-bond acceptors (Lipinski definition) is 2. The van der Waals surface area contributed by atoms with Crippen molar-refractivity contribution in [2.24, 2.45) is 0 Å². The molecule has 8 rings (SSSR count). The Morgan fingerprint density at radius 2 is 0.848 bits per heavy atom. The third-order valence-electron chi connectivity index (χ3n) is 14.9. The van der Waals surface area contributed by atoms with Crippen molar-refractivity contribution < 1.29 is 0 Å². The molecule has 0 N–H and O–H groups in total. The normalized spacial score (nSPS) is 14.4. The van der Waals surface area contributed by atoms with Crippen LogP contribution < -0.4 is 9.80 Å². The third-order valence-corrected chi connectivity index (χ3v) is 14.9. The highest BCUT2D eigenvalue weighted by atomic mass is 15.2. The molecule has 0 aromatic heterocycles. The Bertz CT molecular complexity index is 2530. The van der Waals surface area contributed by atoms with Gasteiger partial charge in [-0.05, 0) is 154 Å². The highest BCUT2D eigenvalue weighted by Crippen LogP contribution is 2.53. The van der Waals surface area contributed by atoms with Gasteiger partial charge < -0.3 is 9.80 Å². The highest BCUT2D eigenvalue weighted by Gasteiger charge is 2.29. The van der Waals surface area contributed by atoms with Crippen LogP contribution in [0.15, 0.2) is 133 Å². The van der Waals surface area contributed by atoms with Crippen molar-refractivity contribution in [3.8, 4) is 0 Å². The van der Waals surface area contributed by atoms with Gasteiger partial charge in [0, 0.05) is 44.3 Å². The molecule has 2 heteroatoms. The number of benzene rings is 7. The van der Waals surface area contributed by atoms with Crippen molar-refractivity contribution in [1.29, 1.82) is 0 Å². The van der Waals surface area contributed by atoms with Crippen LogP contribution in [-0.2, 0) is 10.8 Å². The molecule has 0 spiro atoms. The van der Waals surface area contributed by atoms with Gasteiger partial charge in [-0.3, -0.25) is 0 Å². The van der Waals surface area contributed by atoms with Gasteiger partial charge >= 0.3 is 0 Å². The first-order valence-electron chi connectivity index (χ1n) is 25.6. The second-order valence-electron chi connectivity index (χ2n) is 22.3. The lowest BCUT2D eigenvalue weighted by molar-refractivity contribution is 0.444. The molecule has 2 nitrogen and oxygen atoms in total. The van der Waals surface area contributed by atoms with E-state index in [2.05, 4.69) is 226 Å². The second-order valence-corrected chi connectivity index (χ2v) is 22.3. The molecule has 7 aromatic rings. The summed E-state index contributed by atoms with van der Waals surface area (Å²) in [6.07, 6.45) is 9.90. The lowest BCUT2D eigenvalue weighted by atomic mass is 9.82. The maximum Gasteiger partial charge on any atom is 0.0620 e. The van der Waals surface area contributed by atoms with E-state index in [1.807, 2.05) is 0 Å². The number of rotatable bonds is 13. The van der Waals surface area contributed by atoms with E-state index in [4.69, 9.17) is 0 Å². The monoisotopic (exact) mass is 875 g/mol. The van der Waals surface area contributed by atoms with Gasteiger partial charge in [-0.1, -0.05) is 182 Å². The Labute approximate surface area is 399 Å². The quantitative estimate of drug-likeness (QED) is 0.0841. The molecule has 0 amide bonds. The largest absolute Gasteiger partial charge is 0.309 e. The molecule has 0 bridgehead atoms. The first kappa shape index (κ1) is 47.2. The molecule has 1 saturated carbocycles. The van der Waals surface area contributed by atoms with E-state index in [9.17, 15) is 0 Å². The Balaban J connectivity index is 1.54. The van der Waals surface area contributed by atoms with E-state index in [0.717, 1.165) is 12.8 Å². The van der Waals surface area contributed by atoms with Crippen LogP contribution in [0.1, 0.15) is 192 Å². The van der Waals surface area contributed by atoms with Crippen molar-refractivity contribution in [3.63, 3.8) is 0 Å². The molecule has 0 aliphatic heterocycles. The number of hydrogen-bond donors (Lipinski definition) is 0. The van der Waals surface area contributed by atoms with Crippen LogP contribution >= 0.6 is 0 Å². The summed E-state index contributed by atoms with van der Waals surface area (Å²) in [5.41, 5.74) is 15.6. The van der Waals surface area contributed by atoms with Crippen molar-refractivity contribution in [2.75, 3.05) is 9.80 Å². The molecule has 0 heterocycles. The van der Waals surface area contributed by atoms with E-state index in [-0.39, 0.29) is 10.8 Å². The first-order chi connectivity index (χ1) is 31.6. The summed E-state index contributed by atoms with van der Waals surface area (Å²) in [6.45, 7) is 27.8. The van der Waals surface area contributed by atoms with Gasteiger partial charge in [0.2, 0.25) is 0 Å². The number of nitrogens with zero attached hydrogens (tertiary/aromatic N) is 2. The highest BCUT2D eigenvalue weighted by molar-refractivity contribution is 6.23. The minimum Gasteiger partial charge on any atom is -0.309 e. The Morgan fingerprint density at radius 3 is 1.24 bits per heavy atom. The molecular weight excluding hydrogens is 797 g/mol. The molecule has 1 unspecified atom stereocenters. The molecule has 1 aliphatic carbocycles. The summed E-state index contributed by atoms with van der Waals surface area (Å²) in [4.78, 5) is 5.19. The summed E-state index contributed by atoms with van der Waals surface area (Å²) in [5, 5.41) is 5.15. The topological polar surface area (TPSA) is 6.48 Å². The summed E-state index contributed by atoms with van der Waals surface area (Å²) >= 11 is 0. The van der Waals surface area contributed by atoms with E-state index < -0.39 is 0 Å². The fourth-order valence-electron chi connectivity index (χ4n) is 10.7. The smallest absolute Gasteiger partial charge is 0.0620 e. The van der Waals surface area contributed by atoms with E-state index in [0.29, 0.717) is 23.7 Å². The molecule has 1 atom stereocenters. The van der Waals surface area contributed by atoms with Crippen LogP contribution in [0.5, 0.6) is 0 Å². The van der Waals surface area contributed by atoms with Gasteiger partial charge in [0.25, 0.3) is 0 Å². The van der Waals surface area contributed by atoms with Gasteiger partial charge in [0.1, 0.15) is 0 Å². The summed E-state index contributed by atoms with van der Waals surface area (Å²) in [5.74, 6) is 1.94. The van der Waals surface area contributed by atoms with Crippen LogP contribution in [0.2, 0.25) is 0 Å². The average Bonchev–Trinajstić information content (AvgIpc) is 3.31. The molecule has 1 aliphatic rings. The van der Waals surface area contributed by atoms with Crippen LogP contribution in [0.25, 0.3) is 21.5 Å². The minimum absolute atomic E-state index is 0.0457. The minimum atomic E-state index is 0.0457. The molecule has 1 fully saturated rings. The summed E-state index contributed by atoms with van der Waals surface area (Å²) in [7, 11) is 0. The molecule has 0 saturated heterocycles. The summed E-state index contributed by atoms with van der Waals surface area (Å²) < 4.78 is 0. The lowest BCUT2D eigenvalue weighted by Crippen LogP contribution is -2.16. The Kier molecular flexibility index (Phi) is 13.9. The zero-order valence-electron chi connectivity index (χ0n) is 42.6. The van der Waals surface area contributed by atoms with Gasteiger partial charge in [0.05, 0.1) is 11.4 Å². The fraction of sp³-hybridized carbons (Fsp3) is 0.406. The van der Waals surface area contributed by atoms with Crippen molar-refractivity contribution >= 4 is 55.7 Å². The van der Waals surface area contributed by atoms with Gasteiger partial charge in [-0.2, -0.15) is 0 Å². The third kappa shape index (κ3) is 9.72. The van der Waals surface area contributed by atoms with Crippen molar-refractivity contribution in [2.45, 2.75) is 169 Å². The number of fused-ring (bicyclic) bond motifs is 2. The van der Waals surface area contributed by atoms with Crippen LogP contribution in [-0.4, -0.2) is 0 Å². The fourth-order valence-corrected chi connectivity index (χ4v) is 10.7. The van der Waals surface area contributed by atoms with Crippen molar-refractivity contribution in [3.05, 3.63) is 167 Å². The van der Waals surface area contributed by atoms with E-state index >= 15 is 0 Å². The van der Waals surface area contributed by atoms with E-state index in [1.165, 1.54) is 128 Å². The van der Waals surface area contributed by atoms with Gasteiger partial charge in [0.15, 0.2) is 0 Å². The lowest BCUT2D eigenvalue weighted by Gasteiger charge is -2.34. The molecule has 0 radical (unpaired) electrons. The van der Waals surface area contributed by atoms with Gasteiger partial charge in [-0.15, -0.1) is 0 Å². The van der Waals surface area contributed by atoms with Crippen LogP contribution in [0, 0.1) is 0 Å². The predicted octanol–water partition coefficient (Wildman–Crippen LogP) is 20.1. The maximum atomic E-state index is 2.62. The average molecular weight is 875 g/mol. The SMILES string of the molecule is CCCC(CC)c1ccc2c(N(c3ccc(C(C)C)cc3)c3ccc(C(C)(C)C)cc3)c3cc(C4CCCCC4)ccc3c(N(c3ccc(C(C)C)cc3)c3ccc(C(C)(C)C)cc3)c2c1. The molecular formula is C64H78N2. The first-order valence-corrected chi connectivity index (χ1v) is 25.6. The summed E-state index contributed by atoms with van der Waals surface area (Å²) in [6, 6.07) is 52.9. The van der Waals surface area contributed by atoms with Crippen LogP contribution in [0.3, 0.4) is 0 Å². The van der Waals surface area contributed by atoms with Crippen LogP contribution in [0.4, 0.5) is 34.1 Å². The Hall–Kier alpha value is -5.34. The second kappa shape index (κ2) is 19.5. The van der Waals surface area contributed by atoms with Crippen molar-refractivity contribution in [1.82, 2.24) is 0 Å². The number of anilines is 6. The zero-order chi connectivity index (χ0) is 46.9. The molecule has 7 aromatic carbocycles. The van der Waals surface area contributed by atoms with Gasteiger partial charge in [-0.25, -0.2) is 0 Å². The van der Waals surface area contributed by atoms with E-state index in [1.54, 1.807) is 0 Å². The standard InChI is InChI=1S/C64H78N2/c1-13-18-45(14-2)49-25-39-57-59(41-49)61(65(53-31-21-46(22-32-53)43(3)4)55-35-27-51(28-36-55)63(7,8)9)58-40-26-50(48-19-16-15-17-20-48)42-60(58)62(57)66(54-33-23-47(24-34-54)44(5)6)56-37-29-52(30-38-56)64(10,11)12/h21-45,48H,13-20H2,1-12H3. The predicted molar refractivity (Wildman–Crippen MR) is 290 cm³/mol.